The van der Waals surface area contributed by atoms with E-state index in [2.05, 4.69) is 9.97 Å². The Kier molecular flexibility index (Phi) is 8.59. The van der Waals surface area contributed by atoms with Gasteiger partial charge in [0.2, 0.25) is 0 Å². The van der Waals surface area contributed by atoms with Gasteiger partial charge in [0.15, 0.2) is 0 Å². The molecule has 1 aliphatic rings. The van der Waals surface area contributed by atoms with E-state index in [1.807, 2.05) is 38.1 Å². The van der Waals surface area contributed by atoms with Gasteiger partial charge in [-0.1, -0.05) is 37.5 Å². The fourth-order valence-corrected chi connectivity index (χ4v) is 4.96. The Bertz CT molecular complexity index is 1440. The van der Waals surface area contributed by atoms with Gasteiger partial charge >= 0.3 is 6.18 Å². The summed E-state index contributed by atoms with van der Waals surface area (Å²) in [5.74, 6) is 0.0200. The molecule has 38 heavy (non-hydrogen) atoms. The third-order valence-corrected chi connectivity index (χ3v) is 6.81. The summed E-state index contributed by atoms with van der Waals surface area (Å²) in [6, 6.07) is 15.2. The molecule has 0 bridgehead atoms. The third-order valence-electron chi connectivity index (χ3n) is 6.81. The minimum atomic E-state index is -4.34. The second-order valence-electron chi connectivity index (χ2n) is 9.89. The summed E-state index contributed by atoms with van der Waals surface area (Å²) in [7, 11) is 0. The molecular formula is C30H31F4N3O. The quantitative estimate of drug-likeness (QED) is 0.260. The zero-order valence-corrected chi connectivity index (χ0v) is 21.6. The maximum absolute atomic E-state index is 13.5. The van der Waals surface area contributed by atoms with Crippen molar-refractivity contribution in [2.75, 3.05) is 0 Å². The molecule has 8 heteroatoms. The molecule has 0 unspecified atom stereocenters. The van der Waals surface area contributed by atoms with E-state index in [0.29, 0.717) is 5.65 Å². The molecule has 0 atom stereocenters. The van der Waals surface area contributed by atoms with Crippen LogP contribution in [0.4, 0.5) is 17.6 Å². The van der Waals surface area contributed by atoms with E-state index < -0.39 is 12.6 Å². The van der Waals surface area contributed by atoms with Gasteiger partial charge in [-0.05, 0) is 80.1 Å². The van der Waals surface area contributed by atoms with Gasteiger partial charge in [0.05, 0.1) is 18.7 Å². The number of aryl methyl sites for hydroxylation is 2. The van der Waals surface area contributed by atoms with Crippen molar-refractivity contribution in [1.29, 1.82) is 0 Å². The lowest BCUT2D eigenvalue weighted by Crippen LogP contribution is -2.28. The van der Waals surface area contributed by atoms with Gasteiger partial charge in [0.1, 0.15) is 11.5 Å². The average Bonchev–Trinajstić information content (AvgIpc) is 2.87. The summed E-state index contributed by atoms with van der Waals surface area (Å²) in [4.78, 5) is 22.2. The van der Waals surface area contributed by atoms with Gasteiger partial charge in [-0.3, -0.25) is 14.3 Å². The molecular weight excluding hydrogens is 494 g/mol. The summed E-state index contributed by atoms with van der Waals surface area (Å²) < 4.78 is 52.8. The van der Waals surface area contributed by atoms with Crippen LogP contribution in [-0.4, -0.2) is 20.7 Å². The van der Waals surface area contributed by atoms with E-state index in [0.717, 1.165) is 47.9 Å². The van der Waals surface area contributed by atoms with Crippen LogP contribution in [-0.2, 0) is 13.0 Å². The average molecular weight is 526 g/mol. The lowest BCUT2D eigenvalue weighted by atomic mass is 9.84. The summed E-state index contributed by atoms with van der Waals surface area (Å²) in [5, 5.41) is 0.828. The van der Waals surface area contributed by atoms with E-state index >= 15 is 0 Å². The predicted molar refractivity (Wildman–Crippen MR) is 141 cm³/mol. The second kappa shape index (κ2) is 11.9. The van der Waals surface area contributed by atoms with Gasteiger partial charge in [0, 0.05) is 22.8 Å². The van der Waals surface area contributed by atoms with Crippen molar-refractivity contribution >= 4 is 11.0 Å². The first-order valence-electron chi connectivity index (χ1n) is 12.8. The van der Waals surface area contributed by atoms with E-state index in [-0.39, 0.29) is 35.1 Å². The standard InChI is InChI=1S/C23H24F3N3O.C7H7F/c1-15-9-10-17-12-19(16-6-3-2-4-7-16)22(30)29(21(17)28-15)14-20-18(8-5-11-27-20)13-23(24,25)26;1-6-3-2-4-7(8)5-6/h5,8-12,16H,2-4,6-7,13-14H2,1H3;2-5H,1H3. The number of hydrogen-bond acceptors (Lipinski definition) is 3. The summed E-state index contributed by atoms with van der Waals surface area (Å²) in [6.07, 6.45) is 1.32. The first kappa shape index (κ1) is 27.5. The minimum absolute atomic E-state index is 0.0292. The Balaban J connectivity index is 0.000000360. The van der Waals surface area contributed by atoms with E-state index in [1.165, 1.54) is 41.5 Å². The highest BCUT2D eigenvalue weighted by atomic mass is 19.4. The Labute approximate surface area is 219 Å². The number of alkyl halides is 3. The molecule has 1 fully saturated rings. The van der Waals surface area contributed by atoms with Crippen LogP contribution in [0.5, 0.6) is 0 Å². The van der Waals surface area contributed by atoms with Gasteiger partial charge < -0.3 is 0 Å². The topological polar surface area (TPSA) is 47.8 Å². The molecule has 1 aromatic carbocycles. The zero-order valence-electron chi connectivity index (χ0n) is 21.6. The van der Waals surface area contributed by atoms with E-state index in [9.17, 15) is 22.4 Å². The fourth-order valence-electron chi connectivity index (χ4n) is 4.96. The number of nitrogens with zero attached hydrogens (tertiary/aromatic N) is 3. The van der Waals surface area contributed by atoms with Crippen molar-refractivity contribution in [1.82, 2.24) is 14.5 Å². The number of benzene rings is 1. The fraction of sp³-hybridized carbons (Fsp3) is 0.367. The number of rotatable bonds is 4. The maximum atomic E-state index is 13.5. The molecule has 3 heterocycles. The summed E-state index contributed by atoms with van der Waals surface area (Å²) in [6.45, 7) is 3.67. The van der Waals surface area contributed by atoms with Crippen LogP contribution >= 0.6 is 0 Å². The molecule has 200 valence electrons. The van der Waals surface area contributed by atoms with Crippen molar-refractivity contribution in [3.8, 4) is 0 Å². The van der Waals surface area contributed by atoms with E-state index in [4.69, 9.17) is 0 Å². The molecule has 5 rings (SSSR count). The Morgan fingerprint density at radius 3 is 2.39 bits per heavy atom. The molecule has 1 aliphatic carbocycles. The van der Waals surface area contributed by atoms with Crippen molar-refractivity contribution in [2.45, 2.75) is 71.0 Å². The van der Waals surface area contributed by atoms with E-state index in [1.54, 1.807) is 6.07 Å². The molecule has 0 aliphatic heterocycles. The van der Waals surface area contributed by atoms with Crippen LogP contribution in [0.25, 0.3) is 11.0 Å². The highest BCUT2D eigenvalue weighted by molar-refractivity contribution is 5.76. The molecule has 0 radical (unpaired) electrons. The molecule has 1 saturated carbocycles. The van der Waals surface area contributed by atoms with Crippen LogP contribution in [0.1, 0.15) is 66.1 Å². The van der Waals surface area contributed by atoms with Gasteiger partial charge in [0.25, 0.3) is 5.56 Å². The smallest absolute Gasteiger partial charge is 0.286 e. The van der Waals surface area contributed by atoms with Crippen molar-refractivity contribution < 1.29 is 17.6 Å². The molecule has 4 nitrogen and oxygen atoms in total. The molecule has 0 N–H and O–H groups in total. The van der Waals surface area contributed by atoms with Crippen LogP contribution in [0, 0.1) is 19.7 Å². The molecule has 0 amide bonds. The first-order valence-corrected chi connectivity index (χ1v) is 12.8. The Hall–Kier alpha value is -3.55. The SMILES string of the molecule is Cc1ccc2cc(C3CCCCC3)c(=O)n(Cc3ncccc3CC(F)(F)F)c2n1.Cc1cccc(F)c1. The number of hydrogen-bond donors (Lipinski definition) is 0. The number of halogens is 4. The zero-order chi connectivity index (χ0) is 27.3. The highest BCUT2D eigenvalue weighted by Gasteiger charge is 2.29. The van der Waals surface area contributed by atoms with Crippen molar-refractivity contribution in [3.63, 3.8) is 0 Å². The largest absolute Gasteiger partial charge is 0.393 e. The Morgan fingerprint density at radius 1 is 0.974 bits per heavy atom. The number of pyridine rings is 3. The predicted octanol–water partition coefficient (Wildman–Crippen LogP) is 7.43. The third kappa shape index (κ3) is 7.05. The minimum Gasteiger partial charge on any atom is -0.286 e. The van der Waals surface area contributed by atoms with Crippen LogP contribution < -0.4 is 5.56 Å². The molecule has 0 spiro atoms. The van der Waals surface area contributed by atoms with Crippen LogP contribution in [0.2, 0.25) is 0 Å². The number of aromatic nitrogens is 3. The number of fused-ring (bicyclic) bond motifs is 1. The molecule has 3 aromatic heterocycles. The molecule has 0 saturated heterocycles. The lowest BCUT2D eigenvalue weighted by Gasteiger charge is -2.23. The van der Waals surface area contributed by atoms with Crippen molar-refractivity contribution in [2.24, 2.45) is 0 Å². The van der Waals surface area contributed by atoms with Crippen molar-refractivity contribution in [3.05, 3.63) is 105 Å². The van der Waals surface area contributed by atoms with Gasteiger partial charge in [-0.25, -0.2) is 9.37 Å². The van der Waals surface area contributed by atoms with Gasteiger partial charge in [-0.15, -0.1) is 0 Å². The summed E-state index contributed by atoms with van der Waals surface area (Å²) >= 11 is 0. The normalized spacial score (nSPS) is 14.3. The van der Waals surface area contributed by atoms with Gasteiger partial charge in [-0.2, -0.15) is 13.2 Å². The first-order chi connectivity index (χ1) is 18.1. The maximum Gasteiger partial charge on any atom is 0.393 e. The van der Waals surface area contributed by atoms with Crippen LogP contribution in [0.3, 0.4) is 0 Å². The monoisotopic (exact) mass is 525 g/mol. The lowest BCUT2D eigenvalue weighted by molar-refractivity contribution is -0.127. The summed E-state index contributed by atoms with van der Waals surface area (Å²) in [5.41, 5.74) is 3.10. The molecule has 4 aromatic rings. The Morgan fingerprint density at radius 2 is 1.74 bits per heavy atom. The second-order valence-corrected chi connectivity index (χ2v) is 9.89. The highest BCUT2D eigenvalue weighted by Crippen LogP contribution is 2.32. The van der Waals surface area contributed by atoms with Crippen LogP contribution in [0.15, 0.2) is 65.6 Å².